The third kappa shape index (κ3) is 3.92. The number of rotatable bonds is 6. The molecule has 0 fully saturated rings. The lowest BCUT2D eigenvalue weighted by atomic mass is 10.1. The fourth-order valence-electron chi connectivity index (χ4n) is 1.89. The highest BCUT2D eigenvalue weighted by Crippen LogP contribution is 2.12. The molecule has 0 aliphatic rings. The summed E-state index contributed by atoms with van der Waals surface area (Å²) in [7, 11) is 2.90. The number of ether oxygens (including phenoxy) is 2. The first-order valence-corrected chi connectivity index (χ1v) is 6.41. The Hall–Kier alpha value is -2.63. The van der Waals surface area contributed by atoms with Gasteiger partial charge < -0.3 is 9.47 Å². The molecule has 0 aliphatic carbocycles. The molecule has 0 spiro atoms. The van der Waals surface area contributed by atoms with Gasteiger partial charge in [0.2, 0.25) is 12.1 Å². The van der Waals surface area contributed by atoms with Gasteiger partial charge in [-0.3, -0.25) is 4.79 Å². The van der Waals surface area contributed by atoms with Crippen LogP contribution in [0.3, 0.4) is 0 Å². The minimum Gasteiger partial charge on any atom is -0.497 e. The Morgan fingerprint density at radius 2 is 2.10 bits per heavy atom. The quantitative estimate of drug-likeness (QED) is 0.449. The lowest BCUT2D eigenvalue weighted by Gasteiger charge is -2.02. The van der Waals surface area contributed by atoms with Crippen LogP contribution in [0.25, 0.3) is 0 Å². The van der Waals surface area contributed by atoms with Gasteiger partial charge in [-0.25, -0.2) is 13.9 Å². The molecule has 0 N–H and O–H groups in total. The number of hydrogen-bond donors (Lipinski definition) is 0. The topological polar surface area (TPSA) is 61.4 Å². The molecule has 21 heavy (non-hydrogen) atoms. The first-order chi connectivity index (χ1) is 10.1. The summed E-state index contributed by atoms with van der Waals surface area (Å²) < 4.78 is 13.1. The molecule has 0 amide bonds. The van der Waals surface area contributed by atoms with Crippen molar-refractivity contribution >= 4 is 11.8 Å². The minimum absolute atomic E-state index is 0.0327. The van der Waals surface area contributed by atoms with Crippen LogP contribution in [0.1, 0.15) is 10.4 Å². The van der Waals surface area contributed by atoms with E-state index in [2.05, 4.69) is 4.74 Å². The Morgan fingerprint density at radius 1 is 1.29 bits per heavy atom. The molecule has 2 aromatic rings. The first-order valence-electron chi connectivity index (χ1n) is 6.41. The van der Waals surface area contributed by atoms with Gasteiger partial charge in [0, 0.05) is 5.56 Å². The lowest BCUT2D eigenvalue weighted by molar-refractivity contribution is -0.682. The molecular formula is C15H17N2O4+. The van der Waals surface area contributed by atoms with Crippen molar-refractivity contribution in [2.75, 3.05) is 14.2 Å². The van der Waals surface area contributed by atoms with Gasteiger partial charge >= 0.3 is 5.97 Å². The number of hydrogen-bond acceptors (Lipinski definition) is 4. The van der Waals surface area contributed by atoms with E-state index in [1.54, 1.807) is 59.2 Å². The fraction of sp³-hybridized carbons (Fsp3) is 0.267. The lowest BCUT2D eigenvalue weighted by Crippen LogP contribution is -2.36. The Kier molecular flexibility index (Phi) is 4.71. The van der Waals surface area contributed by atoms with Gasteiger partial charge in [0.15, 0.2) is 13.1 Å². The fourth-order valence-corrected chi connectivity index (χ4v) is 1.89. The Morgan fingerprint density at radius 3 is 2.81 bits per heavy atom. The van der Waals surface area contributed by atoms with Crippen molar-refractivity contribution in [2.24, 2.45) is 0 Å². The van der Waals surface area contributed by atoms with Crippen molar-refractivity contribution in [2.45, 2.75) is 13.1 Å². The van der Waals surface area contributed by atoms with E-state index < -0.39 is 0 Å². The summed E-state index contributed by atoms with van der Waals surface area (Å²) in [5, 5.41) is 0. The Balaban J connectivity index is 2.04. The minimum atomic E-state index is -0.336. The number of carbonyl (C=O) groups excluding carboxylic acids is 2. The van der Waals surface area contributed by atoms with Crippen molar-refractivity contribution in [1.29, 1.82) is 0 Å². The summed E-state index contributed by atoms with van der Waals surface area (Å²) >= 11 is 0. The molecule has 0 atom stereocenters. The van der Waals surface area contributed by atoms with Crippen molar-refractivity contribution in [1.82, 2.24) is 4.57 Å². The molecule has 0 unspecified atom stereocenters. The van der Waals surface area contributed by atoms with E-state index in [9.17, 15) is 9.59 Å². The molecule has 0 aliphatic heterocycles. The molecule has 0 saturated heterocycles. The highest BCUT2D eigenvalue weighted by atomic mass is 16.5. The van der Waals surface area contributed by atoms with Gasteiger partial charge in [-0.2, -0.15) is 0 Å². The van der Waals surface area contributed by atoms with Gasteiger partial charge in [-0.05, 0) is 12.1 Å². The normalized spacial score (nSPS) is 10.2. The molecule has 2 rings (SSSR count). The zero-order chi connectivity index (χ0) is 15.2. The second kappa shape index (κ2) is 6.69. The molecule has 0 bridgehead atoms. The number of esters is 1. The maximum absolute atomic E-state index is 12.2. The predicted octanol–water partition coefficient (Wildman–Crippen LogP) is 0.840. The number of benzene rings is 1. The maximum Gasteiger partial charge on any atom is 0.348 e. The number of methoxy groups -OCH3 is 2. The van der Waals surface area contributed by atoms with E-state index in [-0.39, 0.29) is 24.8 Å². The molecule has 6 heteroatoms. The van der Waals surface area contributed by atoms with Crippen LogP contribution in [0.4, 0.5) is 0 Å². The highest BCUT2D eigenvalue weighted by molar-refractivity contribution is 5.95. The molecule has 0 radical (unpaired) electrons. The van der Waals surface area contributed by atoms with Crippen molar-refractivity contribution in [3.05, 3.63) is 48.5 Å². The van der Waals surface area contributed by atoms with Crippen LogP contribution in [-0.2, 0) is 22.6 Å². The van der Waals surface area contributed by atoms with Crippen LogP contribution in [0.2, 0.25) is 0 Å². The Labute approximate surface area is 122 Å². The van der Waals surface area contributed by atoms with Crippen LogP contribution in [0, 0.1) is 0 Å². The summed E-state index contributed by atoms with van der Waals surface area (Å²) in [5.74, 6) is 0.278. The summed E-state index contributed by atoms with van der Waals surface area (Å²) in [6, 6.07) is 7.01. The van der Waals surface area contributed by atoms with Crippen LogP contribution >= 0.6 is 0 Å². The van der Waals surface area contributed by atoms with E-state index in [0.29, 0.717) is 11.3 Å². The monoisotopic (exact) mass is 289 g/mol. The number of Topliss-reactive ketones (excluding diaryl/α,β-unsaturated/α-hetero) is 1. The van der Waals surface area contributed by atoms with Crippen LogP contribution in [-0.4, -0.2) is 30.5 Å². The second-order valence-electron chi connectivity index (χ2n) is 4.49. The summed E-state index contributed by atoms with van der Waals surface area (Å²) in [5.41, 5.74) is 0.586. The number of aromatic nitrogens is 2. The smallest absolute Gasteiger partial charge is 0.348 e. The van der Waals surface area contributed by atoms with Gasteiger partial charge in [-0.15, -0.1) is 0 Å². The van der Waals surface area contributed by atoms with Gasteiger partial charge in [0.25, 0.3) is 0 Å². The standard InChI is InChI=1S/C15H17N2O4/c1-20-13-5-3-4-12(8-13)14(18)9-16-6-7-17(11-16)10-15(19)21-2/h3-8,11H,9-10H2,1-2H3/q+1. The number of ketones is 1. The molecule has 1 heterocycles. The number of nitrogens with zero attached hydrogens (tertiary/aromatic N) is 2. The summed E-state index contributed by atoms with van der Waals surface area (Å²) in [6.07, 6.45) is 5.14. The molecule has 1 aromatic carbocycles. The summed E-state index contributed by atoms with van der Waals surface area (Å²) in [4.78, 5) is 23.4. The third-order valence-corrected chi connectivity index (χ3v) is 3.00. The van der Waals surface area contributed by atoms with Crippen LogP contribution < -0.4 is 9.30 Å². The van der Waals surface area contributed by atoms with Gasteiger partial charge in [0.05, 0.1) is 14.2 Å². The predicted molar refractivity (Wildman–Crippen MR) is 74.0 cm³/mol. The average Bonchev–Trinajstić information content (AvgIpc) is 2.94. The van der Waals surface area contributed by atoms with Crippen molar-refractivity contribution in [3.63, 3.8) is 0 Å². The summed E-state index contributed by atoms with van der Waals surface area (Å²) in [6.45, 7) is 0.318. The molecular weight excluding hydrogens is 272 g/mol. The second-order valence-corrected chi connectivity index (χ2v) is 4.49. The van der Waals surface area contributed by atoms with Crippen molar-refractivity contribution in [3.8, 4) is 5.75 Å². The van der Waals surface area contributed by atoms with E-state index in [1.807, 2.05) is 0 Å². The first kappa shape index (κ1) is 14.8. The van der Waals surface area contributed by atoms with Gasteiger partial charge in [0.1, 0.15) is 18.1 Å². The zero-order valence-electron chi connectivity index (χ0n) is 12.0. The zero-order valence-corrected chi connectivity index (χ0v) is 12.0. The van der Waals surface area contributed by atoms with E-state index in [0.717, 1.165) is 0 Å². The van der Waals surface area contributed by atoms with E-state index in [4.69, 9.17) is 4.74 Å². The van der Waals surface area contributed by atoms with Crippen LogP contribution in [0.5, 0.6) is 5.75 Å². The molecule has 1 aromatic heterocycles. The number of imidazole rings is 1. The van der Waals surface area contributed by atoms with Gasteiger partial charge in [-0.1, -0.05) is 12.1 Å². The Bertz CT molecular complexity index is 649. The average molecular weight is 289 g/mol. The molecule has 0 saturated carbocycles. The molecule has 110 valence electrons. The molecule has 6 nitrogen and oxygen atoms in total. The third-order valence-electron chi connectivity index (χ3n) is 3.00. The highest BCUT2D eigenvalue weighted by Gasteiger charge is 2.13. The van der Waals surface area contributed by atoms with Crippen molar-refractivity contribution < 1.29 is 23.6 Å². The van der Waals surface area contributed by atoms with Crippen LogP contribution in [0.15, 0.2) is 43.0 Å². The maximum atomic E-state index is 12.2. The van der Waals surface area contributed by atoms with E-state index in [1.165, 1.54) is 7.11 Å². The largest absolute Gasteiger partial charge is 0.497 e. The van der Waals surface area contributed by atoms with E-state index >= 15 is 0 Å². The SMILES string of the molecule is COC(=O)Cn1cc[n+](CC(=O)c2cccc(OC)c2)c1. The number of carbonyl (C=O) groups is 2.